The third kappa shape index (κ3) is 5.21. The summed E-state index contributed by atoms with van der Waals surface area (Å²) in [4.78, 5) is 29.0. The predicted molar refractivity (Wildman–Crippen MR) is 110 cm³/mol. The molecule has 1 aliphatic rings. The fourth-order valence-corrected chi connectivity index (χ4v) is 3.52. The second-order valence-corrected chi connectivity index (χ2v) is 7.02. The largest absolute Gasteiger partial charge is 0.383 e. The molecule has 1 aromatic heterocycles. The van der Waals surface area contributed by atoms with Gasteiger partial charge in [-0.1, -0.05) is 25.1 Å². The zero-order chi connectivity index (χ0) is 20.6. The minimum Gasteiger partial charge on any atom is -0.383 e. The highest BCUT2D eigenvalue weighted by molar-refractivity contribution is 5.95. The third-order valence-electron chi connectivity index (χ3n) is 5.09. The minimum absolute atomic E-state index is 0.00762. The summed E-state index contributed by atoms with van der Waals surface area (Å²) in [6.07, 6.45) is 2.39. The van der Waals surface area contributed by atoms with Gasteiger partial charge in [0, 0.05) is 39.8 Å². The number of carbonyl (C=O) groups is 2. The molecule has 0 unspecified atom stereocenters. The van der Waals surface area contributed by atoms with Crippen LogP contribution in [0.4, 0.5) is 0 Å². The van der Waals surface area contributed by atoms with Crippen LogP contribution in [0, 0.1) is 0 Å². The number of hydrogen-bond acceptors (Lipinski definition) is 5. The SMILES string of the molecule is CCc1c(C(=O)N2CCN(CC(=O)NCCOC)CC2)cnn1-c1ccccc1. The third-order valence-corrected chi connectivity index (χ3v) is 5.09. The molecular formula is C21H29N5O3. The molecule has 29 heavy (non-hydrogen) atoms. The monoisotopic (exact) mass is 399 g/mol. The standard InChI is InChI=1S/C21H29N5O3/c1-3-19-18(15-23-26(19)17-7-5-4-6-8-17)21(28)25-12-10-24(11-13-25)16-20(27)22-9-14-29-2/h4-8,15H,3,9-14,16H2,1-2H3,(H,22,27). The van der Waals surface area contributed by atoms with Crippen molar-refractivity contribution >= 4 is 11.8 Å². The Kier molecular flexibility index (Phi) is 7.37. The van der Waals surface area contributed by atoms with Gasteiger partial charge < -0.3 is 15.0 Å². The Labute approximate surface area is 171 Å². The van der Waals surface area contributed by atoms with E-state index in [-0.39, 0.29) is 11.8 Å². The average Bonchev–Trinajstić information content (AvgIpc) is 3.18. The molecule has 1 aromatic carbocycles. The van der Waals surface area contributed by atoms with Gasteiger partial charge in [0.1, 0.15) is 0 Å². The number of nitrogens with one attached hydrogen (secondary N) is 1. The first kappa shape index (κ1) is 21.0. The fraction of sp³-hybridized carbons (Fsp3) is 0.476. The zero-order valence-electron chi connectivity index (χ0n) is 17.1. The second kappa shape index (κ2) is 10.2. The number of rotatable bonds is 8. The summed E-state index contributed by atoms with van der Waals surface area (Å²) in [7, 11) is 1.61. The van der Waals surface area contributed by atoms with E-state index in [1.807, 2.05) is 46.8 Å². The Bertz CT molecular complexity index is 813. The molecule has 2 amide bonds. The molecule has 1 fully saturated rings. The first-order valence-electron chi connectivity index (χ1n) is 10.0. The van der Waals surface area contributed by atoms with Crippen LogP contribution in [0.2, 0.25) is 0 Å². The molecule has 0 radical (unpaired) electrons. The Morgan fingerprint density at radius 1 is 1.14 bits per heavy atom. The van der Waals surface area contributed by atoms with Crippen molar-refractivity contribution in [2.24, 2.45) is 0 Å². The number of nitrogens with zero attached hydrogens (tertiary/aromatic N) is 4. The zero-order valence-corrected chi connectivity index (χ0v) is 17.1. The van der Waals surface area contributed by atoms with Crippen LogP contribution in [-0.4, -0.2) is 84.4 Å². The Morgan fingerprint density at radius 2 is 1.86 bits per heavy atom. The molecule has 3 rings (SSSR count). The van der Waals surface area contributed by atoms with E-state index in [1.54, 1.807) is 13.3 Å². The lowest BCUT2D eigenvalue weighted by Gasteiger charge is -2.34. The number of piperazine rings is 1. The molecule has 2 heterocycles. The van der Waals surface area contributed by atoms with Crippen LogP contribution in [0.15, 0.2) is 36.5 Å². The summed E-state index contributed by atoms with van der Waals surface area (Å²) in [5.41, 5.74) is 2.52. The van der Waals surface area contributed by atoms with Crippen LogP contribution in [0.3, 0.4) is 0 Å². The van der Waals surface area contributed by atoms with Gasteiger partial charge >= 0.3 is 0 Å². The maximum atomic E-state index is 13.1. The first-order chi connectivity index (χ1) is 14.1. The van der Waals surface area contributed by atoms with Gasteiger partial charge in [-0.25, -0.2) is 4.68 Å². The van der Waals surface area contributed by atoms with Crippen LogP contribution in [0.1, 0.15) is 23.0 Å². The highest BCUT2D eigenvalue weighted by Gasteiger charge is 2.26. The molecular weight excluding hydrogens is 370 g/mol. The van der Waals surface area contributed by atoms with Crippen molar-refractivity contribution in [3.05, 3.63) is 47.8 Å². The quantitative estimate of drug-likeness (QED) is 0.669. The van der Waals surface area contributed by atoms with Crippen LogP contribution < -0.4 is 5.32 Å². The first-order valence-corrected chi connectivity index (χ1v) is 10.0. The van der Waals surface area contributed by atoms with E-state index in [0.717, 1.165) is 17.8 Å². The Hall–Kier alpha value is -2.71. The molecule has 2 aromatic rings. The van der Waals surface area contributed by atoms with Crippen molar-refractivity contribution in [3.8, 4) is 5.69 Å². The van der Waals surface area contributed by atoms with Gasteiger partial charge in [-0.2, -0.15) is 5.10 Å². The number of benzene rings is 1. The van der Waals surface area contributed by atoms with E-state index in [9.17, 15) is 9.59 Å². The minimum atomic E-state index is -0.0146. The number of amides is 2. The molecule has 8 heteroatoms. The van der Waals surface area contributed by atoms with E-state index in [0.29, 0.717) is 51.4 Å². The average molecular weight is 399 g/mol. The van der Waals surface area contributed by atoms with Gasteiger partial charge in [0.25, 0.3) is 5.91 Å². The normalized spacial score (nSPS) is 14.8. The van der Waals surface area contributed by atoms with E-state index in [2.05, 4.69) is 15.3 Å². The van der Waals surface area contributed by atoms with Crippen molar-refractivity contribution in [3.63, 3.8) is 0 Å². The second-order valence-electron chi connectivity index (χ2n) is 7.02. The number of para-hydroxylation sites is 1. The van der Waals surface area contributed by atoms with Crippen LogP contribution in [0.25, 0.3) is 5.69 Å². The molecule has 0 aliphatic carbocycles. The van der Waals surface area contributed by atoms with Crippen molar-refractivity contribution in [2.75, 3.05) is 53.0 Å². The topological polar surface area (TPSA) is 79.7 Å². The van der Waals surface area contributed by atoms with Gasteiger partial charge in [0.05, 0.1) is 36.3 Å². The molecule has 1 N–H and O–H groups in total. The number of aromatic nitrogens is 2. The Balaban J connectivity index is 1.59. The fourth-order valence-electron chi connectivity index (χ4n) is 3.52. The molecule has 1 aliphatic heterocycles. The van der Waals surface area contributed by atoms with Crippen molar-refractivity contribution in [2.45, 2.75) is 13.3 Å². The summed E-state index contributed by atoms with van der Waals surface area (Å²) in [6.45, 7) is 5.96. The van der Waals surface area contributed by atoms with E-state index in [1.165, 1.54) is 0 Å². The van der Waals surface area contributed by atoms with Crippen molar-refractivity contribution in [1.29, 1.82) is 0 Å². The highest BCUT2D eigenvalue weighted by Crippen LogP contribution is 2.18. The number of carbonyl (C=O) groups excluding carboxylic acids is 2. The summed E-state index contributed by atoms with van der Waals surface area (Å²) >= 11 is 0. The van der Waals surface area contributed by atoms with Crippen LogP contribution in [-0.2, 0) is 16.0 Å². The lowest BCUT2D eigenvalue weighted by Crippen LogP contribution is -2.51. The van der Waals surface area contributed by atoms with Gasteiger partial charge in [-0.3, -0.25) is 14.5 Å². The van der Waals surface area contributed by atoms with Gasteiger partial charge in [-0.05, 0) is 18.6 Å². The van der Waals surface area contributed by atoms with E-state index >= 15 is 0 Å². The maximum absolute atomic E-state index is 13.1. The molecule has 0 atom stereocenters. The molecule has 0 spiro atoms. The lowest BCUT2D eigenvalue weighted by atomic mass is 10.1. The molecule has 1 saturated heterocycles. The van der Waals surface area contributed by atoms with Gasteiger partial charge in [0.2, 0.25) is 5.91 Å². The molecule has 0 bridgehead atoms. The summed E-state index contributed by atoms with van der Waals surface area (Å²) in [5, 5.41) is 7.29. The molecule has 156 valence electrons. The summed E-state index contributed by atoms with van der Waals surface area (Å²) in [5.74, 6) is -0.00698. The van der Waals surface area contributed by atoms with E-state index in [4.69, 9.17) is 4.74 Å². The number of hydrogen-bond donors (Lipinski definition) is 1. The smallest absolute Gasteiger partial charge is 0.257 e. The lowest BCUT2D eigenvalue weighted by molar-refractivity contribution is -0.122. The van der Waals surface area contributed by atoms with Crippen molar-refractivity contribution in [1.82, 2.24) is 24.9 Å². The van der Waals surface area contributed by atoms with Gasteiger partial charge in [0.15, 0.2) is 0 Å². The number of ether oxygens (including phenoxy) is 1. The van der Waals surface area contributed by atoms with E-state index < -0.39 is 0 Å². The Morgan fingerprint density at radius 3 is 2.52 bits per heavy atom. The van der Waals surface area contributed by atoms with Crippen molar-refractivity contribution < 1.29 is 14.3 Å². The molecule has 8 nitrogen and oxygen atoms in total. The summed E-state index contributed by atoms with van der Waals surface area (Å²) in [6, 6.07) is 9.85. The van der Waals surface area contributed by atoms with Crippen LogP contribution >= 0.6 is 0 Å². The van der Waals surface area contributed by atoms with Gasteiger partial charge in [-0.15, -0.1) is 0 Å². The number of methoxy groups -OCH3 is 1. The van der Waals surface area contributed by atoms with Crippen LogP contribution in [0.5, 0.6) is 0 Å². The summed E-state index contributed by atoms with van der Waals surface area (Å²) < 4.78 is 6.78. The predicted octanol–water partition coefficient (Wildman–Crippen LogP) is 0.955. The molecule has 0 saturated carbocycles. The highest BCUT2D eigenvalue weighted by atomic mass is 16.5. The maximum Gasteiger partial charge on any atom is 0.257 e.